The van der Waals surface area contributed by atoms with Crippen LogP contribution >= 0.6 is 0 Å². The minimum Gasteiger partial charge on any atom is -0.308 e. The van der Waals surface area contributed by atoms with Crippen molar-refractivity contribution in [1.29, 1.82) is 0 Å². The third-order valence-corrected chi connectivity index (χ3v) is 3.00. The molecule has 0 aromatic carbocycles. The molecule has 0 saturated carbocycles. The van der Waals surface area contributed by atoms with Crippen molar-refractivity contribution >= 4 is 0 Å². The van der Waals surface area contributed by atoms with Crippen LogP contribution in [0.1, 0.15) is 19.8 Å². The Bertz CT molecular complexity index is 141. The van der Waals surface area contributed by atoms with E-state index in [0.29, 0.717) is 0 Å². The van der Waals surface area contributed by atoms with Crippen LogP contribution in [0.25, 0.3) is 0 Å². The second kappa shape index (κ2) is 6.38. The predicted octanol–water partition coefficient (Wildman–Crippen LogP) is 0.637. The van der Waals surface area contributed by atoms with Crippen LogP contribution in [0.4, 0.5) is 0 Å². The van der Waals surface area contributed by atoms with Gasteiger partial charge in [0.25, 0.3) is 0 Å². The third-order valence-electron chi connectivity index (χ3n) is 3.00. The Morgan fingerprint density at radius 3 is 2.29 bits per heavy atom. The minimum atomic E-state index is 0.789. The lowest BCUT2D eigenvalue weighted by Gasteiger charge is -2.34. The zero-order valence-electron chi connectivity index (χ0n) is 9.87. The van der Waals surface area contributed by atoms with Crippen LogP contribution < -0.4 is 5.32 Å². The van der Waals surface area contributed by atoms with Crippen molar-refractivity contribution in [2.75, 3.05) is 46.8 Å². The van der Waals surface area contributed by atoms with Gasteiger partial charge in [0.05, 0.1) is 0 Å². The van der Waals surface area contributed by atoms with Gasteiger partial charge in [0, 0.05) is 32.2 Å². The fourth-order valence-corrected chi connectivity index (χ4v) is 2.03. The summed E-state index contributed by atoms with van der Waals surface area (Å²) in [5, 5.41) is 4.40. The highest BCUT2D eigenvalue weighted by atomic mass is 15.2. The maximum atomic E-state index is 4.40. The number of hydrogen-bond donors (Lipinski definition) is 0. The van der Waals surface area contributed by atoms with Gasteiger partial charge in [0.1, 0.15) is 0 Å². The van der Waals surface area contributed by atoms with Gasteiger partial charge < -0.3 is 4.90 Å². The van der Waals surface area contributed by atoms with Crippen LogP contribution in [0, 0.1) is 0 Å². The first-order valence-corrected chi connectivity index (χ1v) is 5.76. The van der Waals surface area contributed by atoms with E-state index < -0.39 is 0 Å². The second-order valence-electron chi connectivity index (χ2n) is 4.33. The first kappa shape index (κ1) is 12.0. The topological polar surface area (TPSA) is 20.6 Å². The van der Waals surface area contributed by atoms with Crippen LogP contribution in [0.5, 0.6) is 0 Å². The molecule has 1 heterocycles. The molecule has 0 unspecified atom stereocenters. The molecule has 1 aliphatic heterocycles. The van der Waals surface area contributed by atoms with Gasteiger partial charge in [0.15, 0.2) is 0 Å². The van der Waals surface area contributed by atoms with Crippen LogP contribution in [-0.4, -0.2) is 62.7 Å². The van der Waals surface area contributed by atoms with Gasteiger partial charge in [-0.05, 0) is 33.5 Å². The smallest absolute Gasteiger partial charge is 0.0148 e. The van der Waals surface area contributed by atoms with Gasteiger partial charge in [-0.25, -0.2) is 5.32 Å². The Morgan fingerprint density at radius 2 is 1.79 bits per heavy atom. The van der Waals surface area contributed by atoms with E-state index in [2.05, 4.69) is 36.1 Å². The minimum absolute atomic E-state index is 0.789. The van der Waals surface area contributed by atoms with E-state index in [-0.39, 0.29) is 0 Å². The number of nitrogens with zero attached hydrogens (tertiary/aromatic N) is 3. The van der Waals surface area contributed by atoms with Crippen LogP contribution in [0.3, 0.4) is 0 Å². The van der Waals surface area contributed by atoms with Crippen molar-refractivity contribution in [3.8, 4) is 0 Å². The van der Waals surface area contributed by atoms with Gasteiger partial charge in [-0.15, -0.1) is 0 Å². The molecular formula is C11H24N3. The molecule has 3 heteroatoms. The van der Waals surface area contributed by atoms with Crippen LogP contribution in [-0.2, 0) is 0 Å². The molecule has 0 N–H and O–H groups in total. The Labute approximate surface area is 88.5 Å². The molecule has 0 aliphatic carbocycles. The highest BCUT2D eigenvalue weighted by Crippen LogP contribution is 2.11. The van der Waals surface area contributed by atoms with E-state index >= 15 is 0 Å². The fourth-order valence-electron chi connectivity index (χ4n) is 2.03. The summed E-state index contributed by atoms with van der Waals surface area (Å²) in [5.74, 6) is 0. The molecular weight excluding hydrogens is 174 g/mol. The van der Waals surface area contributed by atoms with Crippen LogP contribution in [0.2, 0.25) is 0 Å². The maximum absolute atomic E-state index is 4.40. The van der Waals surface area contributed by atoms with E-state index in [0.717, 1.165) is 19.1 Å². The van der Waals surface area contributed by atoms with Crippen molar-refractivity contribution in [2.24, 2.45) is 0 Å². The summed E-state index contributed by atoms with van der Waals surface area (Å²) in [6.45, 7) is 7.96. The van der Waals surface area contributed by atoms with E-state index in [1.807, 2.05) is 0 Å². The average molecular weight is 198 g/mol. The molecule has 0 bridgehead atoms. The molecule has 1 fully saturated rings. The molecule has 83 valence electrons. The Kier molecular flexibility index (Phi) is 5.45. The quantitative estimate of drug-likeness (QED) is 0.646. The summed E-state index contributed by atoms with van der Waals surface area (Å²) < 4.78 is 0. The van der Waals surface area contributed by atoms with Gasteiger partial charge >= 0.3 is 0 Å². The number of hydrogen-bond acceptors (Lipinski definition) is 2. The zero-order chi connectivity index (χ0) is 10.4. The van der Waals surface area contributed by atoms with Crippen molar-refractivity contribution in [1.82, 2.24) is 15.1 Å². The number of likely N-dealkylation sites (N-methyl/N-ethyl adjacent to an activating group) is 2. The van der Waals surface area contributed by atoms with E-state index in [1.54, 1.807) is 0 Å². The number of rotatable bonds is 5. The van der Waals surface area contributed by atoms with Gasteiger partial charge in [-0.2, -0.15) is 0 Å². The van der Waals surface area contributed by atoms with Crippen molar-refractivity contribution in [2.45, 2.75) is 25.8 Å². The standard InChI is InChI=1S/C11H24N3/c1-4-14(10-9-13(2)3)11-5-7-12-8-6-11/h11H,4-10H2,1-3H3. The molecule has 0 aromatic rings. The molecule has 1 rings (SSSR count). The largest absolute Gasteiger partial charge is 0.308 e. The molecule has 1 saturated heterocycles. The molecule has 1 radical (unpaired) electrons. The summed E-state index contributed by atoms with van der Waals surface area (Å²) in [6.07, 6.45) is 2.53. The van der Waals surface area contributed by atoms with E-state index in [1.165, 1.54) is 32.5 Å². The molecule has 0 spiro atoms. The maximum Gasteiger partial charge on any atom is 0.0148 e. The van der Waals surface area contributed by atoms with E-state index in [4.69, 9.17) is 0 Å². The second-order valence-corrected chi connectivity index (χ2v) is 4.33. The normalized spacial score (nSPS) is 19.5. The highest BCUT2D eigenvalue weighted by Gasteiger charge is 2.19. The molecule has 1 aliphatic rings. The summed E-state index contributed by atoms with van der Waals surface area (Å²) in [4.78, 5) is 4.87. The predicted molar refractivity (Wildman–Crippen MR) is 60.7 cm³/mol. The highest BCUT2D eigenvalue weighted by molar-refractivity contribution is 4.77. The van der Waals surface area contributed by atoms with Crippen molar-refractivity contribution < 1.29 is 0 Å². The Hall–Kier alpha value is -0.120. The Morgan fingerprint density at radius 1 is 1.14 bits per heavy atom. The monoisotopic (exact) mass is 198 g/mol. The lowest BCUT2D eigenvalue weighted by Crippen LogP contribution is -2.43. The van der Waals surface area contributed by atoms with Crippen molar-refractivity contribution in [3.63, 3.8) is 0 Å². The molecule has 3 nitrogen and oxygen atoms in total. The van der Waals surface area contributed by atoms with Gasteiger partial charge in [-0.1, -0.05) is 6.92 Å². The molecule has 14 heavy (non-hydrogen) atoms. The zero-order valence-corrected chi connectivity index (χ0v) is 9.87. The third kappa shape index (κ3) is 3.95. The van der Waals surface area contributed by atoms with Gasteiger partial charge in [-0.3, -0.25) is 4.90 Å². The summed E-state index contributed by atoms with van der Waals surface area (Å²) in [6, 6.07) is 0.789. The average Bonchev–Trinajstić information content (AvgIpc) is 2.20. The first-order valence-electron chi connectivity index (χ1n) is 5.76. The SMILES string of the molecule is CCN(CCN(C)C)C1CC[N]CC1. The summed E-state index contributed by atoms with van der Waals surface area (Å²) in [5.41, 5.74) is 0. The fraction of sp³-hybridized carbons (Fsp3) is 1.00. The summed E-state index contributed by atoms with van der Waals surface area (Å²) >= 11 is 0. The van der Waals surface area contributed by atoms with Crippen LogP contribution in [0.15, 0.2) is 0 Å². The molecule has 0 atom stereocenters. The van der Waals surface area contributed by atoms with E-state index in [9.17, 15) is 0 Å². The number of piperidine rings is 1. The lowest BCUT2D eigenvalue weighted by atomic mass is 10.0. The first-order chi connectivity index (χ1) is 6.74. The Balaban J connectivity index is 2.28. The molecule has 0 amide bonds. The lowest BCUT2D eigenvalue weighted by molar-refractivity contribution is 0.156. The van der Waals surface area contributed by atoms with Crippen molar-refractivity contribution in [3.05, 3.63) is 0 Å². The summed E-state index contributed by atoms with van der Waals surface area (Å²) in [7, 11) is 4.29. The molecule has 0 aromatic heterocycles. The van der Waals surface area contributed by atoms with Gasteiger partial charge in [0.2, 0.25) is 0 Å².